The van der Waals surface area contributed by atoms with Gasteiger partial charge in [0.1, 0.15) is 19.0 Å². The van der Waals surface area contributed by atoms with Gasteiger partial charge in [-0.25, -0.2) is 9.18 Å². The third-order valence-electron chi connectivity index (χ3n) is 3.66. The number of hydrogen-bond donors (Lipinski definition) is 2. The fraction of sp³-hybridized carbons (Fsp3) is 0.294. The Labute approximate surface area is 139 Å². The van der Waals surface area contributed by atoms with E-state index >= 15 is 0 Å². The molecule has 2 N–H and O–H groups in total. The van der Waals surface area contributed by atoms with Crippen molar-refractivity contribution in [1.82, 2.24) is 15.6 Å². The van der Waals surface area contributed by atoms with Crippen LogP contribution < -0.4 is 20.1 Å². The summed E-state index contributed by atoms with van der Waals surface area (Å²) in [5.41, 5.74) is 1.43. The predicted molar refractivity (Wildman–Crippen MR) is 85.4 cm³/mol. The average molecular weight is 331 g/mol. The molecule has 1 atom stereocenters. The molecule has 1 aliphatic heterocycles. The van der Waals surface area contributed by atoms with Gasteiger partial charge in [0.25, 0.3) is 0 Å². The van der Waals surface area contributed by atoms with Crippen LogP contribution in [0.5, 0.6) is 11.5 Å². The first-order chi connectivity index (χ1) is 11.6. The van der Waals surface area contributed by atoms with Crippen LogP contribution in [0.1, 0.15) is 24.1 Å². The van der Waals surface area contributed by atoms with Crippen molar-refractivity contribution >= 4 is 6.03 Å². The minimum atomic E-state index is -0.436. The van der Waals surface area contributed by atoms with Crippen molar-refractivity contribution in [3.05, 3.63) is 53.6 Å². The van der Waals surface area contributed by atoms with E-state index in [1.54, 1.807) is 6.92 Å². The van der Waals surface area contributed by atoms with Gasteiger partial charge in [-0.05, 0) is 24.6 Å². The second-order valence-corrected chi connectivity index (χ2v) is 5.43. The van der Waals surface area contributed by atoms with Crippen LogP contribution in [0.2, 0.25) is 0 Å². The summed E-state index contributed by atoms with van der Waals surface area (Å²) in [5.74, 6) is 0.904. The van der Waals surface area contributed by atoms with Gasteiger partial charge in [-0.15, -0.1) is 0 Å². The Balaban J connectivity index is 1.58. The number of rotatable bonds is 4. The second kappa shape index (κ2) is 7.16. The minimum Gasteiger partial charge on any atom is -0.486 e. The van der Waals surface area contributed by atoms with Crippen LogP contribution in [0, 0.1) is 5.82 Å². The van der Waals surface area contributed by atoms with Crippen LogP contribution in [0.3, 0.4) is 0 Å². The van der Waals surface area contributed by atoms with Crippen molar-refractivity contribution in [2.24, 2.45) is 0 Å². The normalized spacial score (nSPS) is 13.9. The smallest absolute Gasteiger partial charge is 0.315 e. The van der Waals surface area contributed by atoms with E-state index < -0.39 is 5.82 Å². The van der Waals surface area contributed by atoms with Crippen molar-refractivity contribution in [3.63, 3.8) is 0 Å². The predicted octanol–water partition coefficient (Wildman–Crippen LogP) is 2.55. The number of nitrogens with zero attached hydrogens (tertiary/aromatic N) is 1. The fourth-order valence-electron chi connectivity index (χ4n) is 2.44. The molecule has 0 bridgehead atoms. The van der Waals surface area contributed by atoms with Gasteiger partial charge in [0, 0.05) is 18.3 Å². The van der Waals surface area contributed by atoms with Gasteiger partial charge in [0.15, 0.2) is 11.5 Å². The number of benzene rings is 1. The topological polar surface area (TPSA) is 72.5 Å². The Morgan fingerprint density at radius 3 is 3.00 bits per heavy atom. The Morgan fingerprint density at radius 1 is 1.33 bits per heavy atom. The van der Waals surface area contributed by atoms with Crippen LogP contribution in [-0.4, -0.2) is 24.2 Å². The standard InChI is InChI=1S/C17H18FN3O3/c1-11(13-7-14(18)10-19-8-13)21-17(22)20-9-12-3-2-4-15-16(12)24-6-5-23-15/h2-4,7-8,10-11H,5-6,9H2,1H3,(H2,20,21,22)/t11-/m0/s1. The molecule has 0 fully saturated rings. The van der Waals surface area contributed by atoms with E-state index in [0.717, 1.165) is 11.8 Å². The quantitative estimate of drug-likeness (QED) is 0.903. The van der Waals surface area contributed by atoms with E-state index in [4.69, 9.17) is 9.47 Å². The summed E-state index contributed by atoms with van der Waals surface area (Å²) in [6, 6.07) is 6.17. The summed E-state index contributed by atoms with van der Waals surface area (Å²) in [6.45, 7) is 3.06. The zero-order chi connectivity index (χ0) is 16.9. The number of aromatic nitrogens is 1. The molecule has 2 heterocycles. The number of urea groups is 1. The maximum absolute atomic E-state index is 13.2. The maximum Gasteiger partial charge on any atom is 0.315 e. The van der Waals surface area contributed by atoms with Crippen molar-refractivity contribution in [2.45, 2.75) is 19.5 Å². The van der Waals surface area contributed by atoms with Crippen LogP contribution in [-0.2, 0) is 6.54 Å². The average Bonchev–Trinajstić information content (AvgIpc) is 2.60. The molecular weight excluding hydrogens is 313 g/mol. The van der Waals surface area contributed by atoms with Crippen molar-refractivity contribution < 1.29 is 18.7 Å². The SMILES string of the molecule is C[C@H](NC(=O)NCc1cccc2c1OCCO2)c1cncc(F)c1. The van der Waals surface area contributed by atoms with Crippen molar-refractivity contribution in [2.75, 3.05) is 13.2 Å². The van der Waals surface area contributed by atoms with E-state index in [2.05, 4.69) is 15.6 Å². The van der Waals surface area contributed by atoms with Gasteiger partial charge >= 0.3 is 6.03 Å². The summed E-state index contributed by atoms with van der Waals surface area (Å²) < 4.78 is 24.3. The van der Waals surface area contributed by atoms with Crippen molar-refractivity contribution in [1.29, 1.82) is 0 Å². The van der Waals surface area contributed by atoms with Crippen LogP contribution in [0.4, 0.5) is 9.18 Å². The molecule has 2 amide bonds. The van der Waals surface area contributed by atoms with E-state index in [1.807, 2.05) is 18.2 Å². The second-order valence-electron chi connectivity index (χ2n) is 5.43. The molecule has 3 rings (SSSR count). The Kier molecular flexibility index (Phi) is 4.79. The number of nitrogens with one attached hydrogen (secondary N) is 2. The maximum atomic E-state index is 13.2. The van der Waals surface area contributed by atoms with Gasteiger partial charge < -0.3 is 20.1 Å². The number of hydrogen-bond acceptors (Lipinski definition) is 4. The highest BCUT2D eigenvalue weighted by Gasteiger charge is 2.16. The summed E-state index contributed by atoms with van der Waals surface area (Å²) in [5, 5.41) is 5.51. The Hall–Kier alpha value is -2.83. The largest absolute Gasteiger partial charge is 0.486 e. The molecule has 2 aromatic rings. The van der Waals surface area contributed by atoms with Crippen LogP contribution in [0.15, 0.2) is 36.7 Å². The molecule has 6 nitrogen and oxygen atoms in total. The van der Waals surface area contributed by atoms with E-state index in [0.29, 0.717) is 36.8 Å². The first-order valence-corrected chi connectivity index (χ1v) is 7.66. The summed E-state index contributed by atoms with van der Waals surface area (Å²) in [7, 11) is 0. The summed E-state index contributed by atoms with van der Waals surface area (Å²) in [6.07, 6.45) is 2.64. The first kappa shape index (κ1) is 16.0. The molecule has 0 saturated carbocycles. The van der Waals surface area contributed by atoms with E-state index in [1.165, 1.54) is 12.3 Å². The molecule has 0 radical (unpaired) electrons. The Morgan fingerprint density at radius 2 is 2.17 bits per heavy atom. The fourth-order valence-corrected chi connectivity index (χ4v) is 2.44. The molecule has 0 saturated heterocycles. The molecule has 126 valence electrons. The summed E-state index contributed by atoms with van der Waals surface area (Å²) >= 11 is 0. The highest BCUT2D eigenvalue weighted by atomic mass is 19.1. The van der Waals surface area contributed by atoms with Crippen LogP contribution >= 0.6 is 0 Å². The third kappa shape index (κ3) is 3.73. The number of carbonyl (C=O) groups is 1. The van der Waals surface area contributed by atoms with Crippen molar-refractivity contribution in [3.8, 4) is 11.5 Å². The molecule has 0 unspecified atom stereocenters. The number of fused-ring (bicyclic) bond motifs is 1. The number of halogens is 1. The number of amides is 2. The molecule has 1 aromatic heterocycles. The lowest BCUT2D eigenvalue weighted by molar-refractivity contribution is 0.169. The number of ether oxygens (including phenoxy) is 2. The molecule has 1 aliphatic rings. The lowest BCUT2D eigenvalue weighted by atomic mass is 10.1. The minimum absolute atomic E-state index is 0.298. The zero-order valence-electron chi connectivity index (χ0n) is 13.2. The van der Waals surface area contributed by atoms with Gasteiger partial charge in [-0.2, -0.15) is 0 Å². The molecule has 1 aromatic carbocycles. The Bertz CT molecular complexity index is 739. The molecule has 0 spiro atoms. The monoisotopic (exact) mass is 331 g/mol. The van der Waals surface area contributed by atoms with Gasteiger partial charge in [0.2, 0.25) is 0 Å². The first-order valence-electron chi connectivity index (χ1n) is 7.66. The molecule has 7 heteroatoms. The zero-order valence-corrected chi connectivity index (χ0v) is 13.2. The summed E-state index contributed by atoms with van der Waals surface area (Å²) in [4.78, 5) is 15.8. The van der Waals surface area contributed by atoms with E-state index in [9.17, 15) is 9.18 Å². The van der Waals surface area contributed by atoms with Gasteiger partial charge in [-0.3, -0.25) is 4.98 Å². The highest BCUT2D eigenvalue weighted by Crippen LogP contribution is 2.33. The van der Waals surface area contributed by atoms with Crippen LogP contribution in [0.25, 0.3) is 0 Å². The number of para-hydroxylation sites is 1. The van der Waals surface area contributed by atoms with Gasteiger partial charge in [-0.1, -0.05) is 12.1 Å². The number of pyridine rings is 1. The molecular formula is C17H18FN3O3. The third-order valence-corrected chi connectivity index (χ3v) is 3.66. The number of carbonyl (C=O) groups excluding carboxylic acids is 1. The highest BCUT2D eigenvalue weighted by molar-refractivity contribution is 5.74. The molecule has 24 heavy (non-hydrogen) atoms. The lowest BCUT2D eigenvalue weighted by Crippen LogP contribution is -2.36. The molecule has 0 aliphatic carbocycles. The van der Waals surface area contributed by atoms with Gasteiger partial charge in [0.05, 0.1) is 12.2 Å². The van der Waals surface area contributed by atoms with E-state index in [-0.39, 0.29) is 12.1 Å². The lowest BCUT2D eigenvalue weighted by Gasteiger charge is -2.21.